The van der Waals surface area contributed by atoms with Crippen molar-refractivity contribution in [1.82, 2.24) is 4.90 Å². The molecular weight excluding hydrogens is 352 g/mol. The van der Waals surface area contributed by atoms with E-state index in [4.69, 9.17) is 15.5 Å². The lowest BCUT2D eigenvalue weighted by Crippen LogP contribution is -2.41. The molecule has 1 aliphatic heterocycles. The summed E-state index contributed by atoms with van der Waals surface area (Å²) in [5.41, 5.74) is 10.6. The molecule has 3 rings (SSSR count). The lowest BCUT2D eigenvalue weighted by Gasteiger charge is -2.30. The highest BCUT2D eigenvalue weighted by Crippen LogP contribution is 2.24. The van der Waals surface area contributed by atoms with Gasteiger partial charge in [0.2, 0.25) is 5.78 Å². The second kappa shape index (κ2) is 9.17. The van der Waals surface area contributed by atoms with Crippen molar-refractivity contribution < 1.29 is 9.53 Å². The topological polar surface area (TPSA) is 71.2 Å². The zero-order chi connectivity index (χ0) is 20.1. The molecule has 6 heteroatoms. The first-order chi connectivity index (χ1) is 13.5. The first-order valence-electron chi connectivity index (χ1n) is 9.93. The van der Waals surface area contributed by atoms with Crippen LogP contribution in [0.25, 0.3) is 0 Å². The molecule has 0 spiro atoms. The molecule has 0 atom stereocenters. The summed E-state index contributed by atoms with van der Waals surface area (Å²) in [5, 5.41) is 0. The molecule has 28 heavy (non-hydrogen) atoms. The van der Waals surface area contributed by atoms with Gasteiger partial charge in [0.1, 0.15) is 0 Å². The van der Waals surface area contributed by atoms with E-state index in [0.717, 1.165) is 68.5 Å². The molecular formula is C22H30N4O2. The molecule has 1 aliphatic carbocycles. The van der Waals surface area contributed by atoms with Gasteiger partial charge in [0.25, 0.3) is 0 Å². The molecule has 1 saturated heterocycles. The van der Waals surface area contributed by atoms with Crippen LogP contribution < -0.4 is 10.6 Å². The standard InChI is InChI=1S/C22H30N4O2/c1-4-26(10-9-25-11-13-28-14-12-25)19-7-5-18(6-8-19)24-22-16(2)15-20(27)21(23)17(22)3/h5-8,15H,4,9-14,23H2,1-3H3. The number of likely N-dealkylation sites (N-methyl/N-ethyl adjacent to an activating group) is 1. The number of nitrogens with zero attached hydrogens (tertiary/aromatic N) is 3. The lowest BCUT2D eigenvalue weighted by atomic mass is 9.94. The molecule has 1 aromatic rings. The number of hydrogen-bond acceptors (Lipinski definition) is 6. The fraction of sp³-hybridized carbons (Fsp3) is 0.455. The smallest absolute Gasteiger partial charge is 0.202 e. The Kier molecular flexibility index (Phi) is 6.65. The zero-order valence-corrected chi connectivity index (χ0v) is 17.1. The van der Waals surface area contributed by atoms with Crippen LogP contribution >= 0.6 is 0 Å². The Morgan fingerprint density at radius 2 is 1.86 bits per heavy atom. The van der Waals surface area contributed by atoms with E-state index >= 15 is 0 Å². The number of ketones is 1. The highest BCUT2D eigenvalue weighted by molar-refractivity contribution is 6.24. The molecule has 6 nitrogen and oxygen atoms in total. The molecule has 1 heterocycles. The van der Waals surface area contributed by atoms with Crippen molar-refractivity contribution in [3.05, 3.63) is 47.2 Å². The van der Waals surface area contributed by atoms with Crippen LogP contribution in [-0.4, -0.2) is 62.3 Å². The number of nitrogens with two attached hydrogens (primary N) is 1. The number of carbonyl (C=O) groups is 1. The van der Waals surface area contributed by atoms with Gasteiger partial charge in [0, 0.05) is 44.0 Å². The second-order valence-electron chi connectivity index (χ2n) is 7.24. The highest BCUT2D eigenvalue weighted by atomic mass is 16.5. The molecule has 2 N–H and O–H groups in total. The van der Waals surface area contributed by atoms with Crippen molar-refractivity contribution in [3.8, 4) is 0 Å². The number of rotatable bonds is 6. The zero-order valence-electron chi connectivity index (χ0n) is 17.1. The highest BCUT2D eigenvalue weighted by Gasteiger charge is 2.19. The number of aliphatic imine (C=N–C) groups is 1. The third-order valence-electron chi connectivity index (χ3n) is 5.37. The minimum Gasteiger partial charge on any atom is -0.395 e. The van der Waals surface area contributed by atoms with E-state index in [1.807, 2.05) is 26.0 Å². The Balaban J connectivity index is 1.70. The number of allylic oxidation sites excluding steroid dienone is 3. The molecule has 0 saturated carbocycles. The van der Waals surface area contributed by atoms with Gasteiger partial charge in [-0.3, -0.25) is 9.69 Å². The Morgan fingerprint density at radius 3 is 2.50 bits per heavy atom. The number of benzene rings is 1. The molecule has 1 aromatic carbocycles. The Bertz CT molecular complexity index is 802. The molecule has 2 aliphatic rings. The Morgan fingerprint density at radius 1 is 1.18 bits per heavy atom. The minimum absolute atomic E-state index is 0.136. The maximum atomic E-state index is 11.8. The van der Waals surface area contributed by atoms with E-state index < -0.39 is 0 Å². The van der Waals surface area contributed by atoms with E-state index in [0.29, 0.717) is 0 Å². The Labute approximate surface area is 167 Å². The van der Waals surface area contributed by atoms with Gasteiger partial charge in [0.05, 0.1) is 30.3 Å². The van der Waals surface area contributed by atoms with Crippen LogP contribution in [0.5, 0.6) is 0 Å². The number of anilines is 1. The van der Waals surface area contributed by atoms with Crippen LogP contribution in [0.15, 0.2) is 52.2 Å². The molecule has 0 amide bonds. The largest absolute Gasteiger partial charge is 0.395 e. The molecule has 0 aromatic heterocycles. The van der Waals surface area contributed by atoms with Crippen molar-refractivity contribution in [2.75, 3.05) is 50.8 Å². The van der Waals surface area contributed by atoms with Crippen molar-refractivity contribution in [3.63, 3.8) is 0 Å². The summed E-state index contributed by atoms with van der Waals surface area (Å²) in [5.74, 6) is -0.136. The van der Waals surface area contributed by atoms with Gasteiger partial charge in [-0.1, -0.05) is 0 Å². The van der Waals surface area contributed by atoms with Gasteiger partial charge in [-0.05, 0) is 56.7 Å². The number of carbonyl (C=O) groups excluding carboxylic acids is 1. The van der Waals surface area contributed by atoms with Crippen molar-refractivity contribution in [2.24, 2.45) is 10.7 Å². The molecule has 0 radical (unpaired) electrons. The van der Waals surface area contributed by atoms with Gasteiger partial charge in [-0.25, -0.2) is 4.99 Å². The van der Waals surface area contributed by atoms with Crippen molar-refractivity contribution >= 4 is 22.9 Å². The van der Waals surface area contributed by atoms with Gasteiger partial charge in [0.15, 0.2) is 0 Å². The van der Waals surface area contributed by atoms with Gasteiger partial charge in [-0.2, -0.15) is 0 Å². The van der Waals surface area contributed by atoms with Crippen LogP contribution in [0.3, 0.4) is 0 Å². The molecule has 1 fully saturated rings. The van der Waals surface area contributed by atoms with Crippen molar-refractivity contribution in [2.45, 2.75) is 20.8 Å². The van der Waals surface area contributed by atoms with E-state index in [1.165, 1.54) is 5.69 Å². The predicted molar refractivity (Wildman–Crippen MR) is 114 cm³/mol. The summed E-state index contributed by atoms with van der Waals surface area (Å²) in [6.45, 7) is 12.6. The normalized spacial score (nSPS) is 19.9. The fourth-order valence-corrected chi connectivity index (χ4v) is 3.55. The fourth-order valence-electron chi connectivity index (χ4n) is 3.55. The number of morpholine rings is 1. The van der Waals surface area contributed by atoms with E-state index in [1.54, 1.807) is 6.08 Å². The summed E-state index contributed by atoms with van der Waals surface area (Å²) >= 11 is 0. The van der Waals surface area contributed by atoms with Crippen LogP contribution in [-0.2, 0) is 9.53 Å². The van der Waals surface area contributed by atoms with Crippen LogP contribution in [0.1, 0.15) is 20.8 Å². The lowest BCUT2D eigenvalue weighted by molar-refractivity contribution is -0.111. The van der Waals surface area contributed by atoms with Crippen LogP contribution in [0.4, 0.5) is 11.4 Å². The average Bonchev–Trinajstić information content (AvgIpc) is 2.72. The monoisotopic (exact) mass is 382 g/mol. The maximum absolute atomic E-state index is 11.8. The van der Waals surface area contributed by atoms with Crippen LogP contribution in [0.2, 0.25) is 0 Å². The quantitative estimate of drug-likeness (QED) is 0.766. The van der Waals surface area contributed by atoms with E-state index in [2.05, 4.69) is 28.9 Å². The number of hydrogen-bond donors (Lipinski definition) is 1. The maximum Gasteiger partial charge on any atom is 0.202 e. The van der Waals surface area contributed by atoms with Crippen LogP contribution in [0, 0.1) is 0 Å². The average molecular weight is 383 g/mol. The van der Waals surface area contributed by atoms with Crippen molar-refractivity contribution in [1.29, 1.82) is 0 Å². The third kappa shape index (κ3) is 4.69. The SMILES string of the molecule is CCN(CCN1CCOCC1)c1ccc(N=C2C(C)=CC(=O)C(N)=C2C)cc1. The Hall–Kier alpha value is -2.44. The summed E-state index contributed by atoms with van der Waals surface area (Å²) in [4.78, 5) is 21.4. The third-order valence-corrected chi connectivity index (χ3v) is 5.37. The number of ether oxygens (including phenoxy) is 1. The summed E-state index contributed by atoms with van der Waals surface area (Å²) in [6.07, 6.45) is 1.56. The van der Waals surface area contributed by atoms with Gasteiger partial charge >= 0.3 is 0 Å². The summed E-state index contributed by atoms with van der Waals surface area (Å²) < 4.78 is 5.42. The second-order valence-corrected chi connectivity index (χ2v) is 7.24. The summed E-state index contributed by atoms with van der Waals surface area (Å²) in [7, 11) is 0. The van der Waals surface area contributed by atoms with Gasteiger partial charge in [-0.15, -0.1) is 0 Å². The van der Waals surface area contributed by atoms with E-state index in [9.17, 15) is 4.79 Å². The predicted octanol–water partition coefficient (Wildman–Crippen LogP) is 2.68. The molecule has 150 valence electrons. The molecule has 0 bridgehead atoms. The first kappa shape index (κ1) is 20.3. The summed E-state index contributed by atoms with van der Waals surface area (Å²) in [6, 6.07) is 8.26. The van der Waals surface area contributed by atoms with Gasteiger partial charge < -0.3 is 15.4 Å². The first-order valence-corrected chi connectivity index (χ1v) is 9.93. The molecule has 0 unspecified atom stereocenters. The van der Waals surface area contributed by atoms with E-state index in [-0.39, 0.29) is 11.5 Å². The minimum atomic E-state index is -0.136.